The Labute approximate surface area is 742 Å². The van der Waals surface area contributed by atoms with Crippen LogP contribution in [-0.2, 0) is 106 Å². The van der Waals surface area contributed by atoms with Crippen LogP contribution in [0.2, 0.25) is 0 Å². The number of nitrogens with one attached hydrogen (secondary N) is 11. The number of aromatic amines is 2. The fraction of sp³-hybridized carbons (Fsp3) is 0.535. The summed E-state index contributed by atoms with van der Waals surface area (Å²) < 4.78 is 0. The van der Waals surface area contributed by atoms with Crippen molar-refractivity contribution >= 4 is 140 Å². The van der Waals surface area contributed by atoms with Gasteiger partial charge in [-0.3, -0.25) is 86.3 Å². The van der Waals surface area contributed by atoms with E-state index in [9.17, 15) is 77.6 Å². The molecular formula is C86H118N20O21S. The van der Waals surface area contributed by atoms with Crippen LogP contribution >= 0.6 is 11.8 Å². The third kappa shape index (κ3) is 26.3. The van der Waals surface area contributed by atoms with E-state index >= 15 is 24.0 Å². The van der Waals surface area contributed by atoms with Crippen molar-refractivity contribution in [2.24, 2.45) is 28.9 Å². The normalized spacial score (nSPS) is 25.4. The molecule has 0 radical (unpaired) electrons. The second kappa shape index (κ2) is 47.3. The van der Waals surface area contributed by atoms with Crippen LogP contribution in [-0.4, -0.2) is 306 Å². The highest BCUT2D eigenvalue weighted by molar-refractivity contribution is 8.00. The van der Waals surface area contributed by atoms with E-state index in [1.807, 2.05) is 13.8 Å². The minimum atomic E-state index is -1.93. The highest BCUT2D eigenvalue weighted by Gasteiger charge is 2.47. The molecule has 41 nitrogen and oxygen atoms in total. The molecule has 5 aromatic rings. The molecule has 0 aliphatic carbocycles. The van der Waals surface area contributed by atoms with Crippen LogP contribution in [0.3, 0.4) is 0 Å². The molecule has 14 atom stereocenters. The number of phenols is 1. The molecule has 4 aliphatic heterocycles. The molecule has 694 valence electrons. The number of aliphatic carboxylic acids is 2. The molecular weight excluding hydrogens is 1680 g/mol. The van der Waals surface area contributed by atoms with E-state index in [1.54, 1.807) is 60.9 Å². The largest absolute Gasteiger partial charge is 0.508 e. The van der Waals surface area contributed by atoms with Crippen molar-refractivity contribution in [2.45, 2.75) is 214 Å². The van der Waals surface area contributed by atoms with Crippen LogP contribution < -0.4 is 70.8 Å². The monoisotopic (exact) mass is 1800 g/mol. The number of carbonyl (C=O) groups is 18. The van der Waals surface area contributed by atoms with Gasteiger partial charge in [-0.05, 0) is 105 Å². The number of primary amides is 1. The highest BCUT2D eigenvalue weighted by Crippen LogP contribution is 2.29. The summed E-state index contributed by atoms with van der Waals surface area (Å²) in [7, 11) is 2.73. The van der Waals surface area contributed by atoms with E-state index in [1.165, 1.54) is 43.3 Å². The zero-order valence-corrected chi connectivity index (χ0v) is 72.9. The van der Waals surface area contributed by atoms with Crippen LogP contribution in [0.4, 0.5) is 0 Å². The van der Waals surface area contributed by atoms with Gasteiger partial charge in [-0.2, -0.15) is 0 Å². The standard InChI is InChI=1S/C86H118N20O21S/c1-5-7-20-64-78(119)99-62(41-89)77(118)101-63(75(116)93-44-70(90)109)45-128-46-71(110)94-57(34-47-25-27-51(107)28-26-47)83(124)104-31-14-23-66(104)80(121)98-60(39-73(113)114)85(126)106-33-15-24-67(106)81(122)100-61(40-88)76(117)97-59(38-72(111)112)84(125)105-32-13-22-65(105)79(120)95-56(35-49-42-91-54-18-11-9-16-52(49)54)69(108)37-48(29-30-87)74(115)96-58(36-50-43-92-55-19-12-10-17-53(50)55)82(123)103(4)68(21-8-6-2)86(127)102(64)3/h9-12,16-19,25-28,42-43,48,56-68,91-92,107H,5-8,13-15,20-24,29-41,44-46,87-89H2,1-4H3,(H2,90,109)(H,93,116)(H,94,110)(H,95,120)(H,96,115)(H,97,117)(H,98,121)(H,99,119)(H,100,122)(H,101,118)(H,111,112)(H,113,114)/t48-,56+,57+,58+,59+,60?,61+,62+,63+,64+,65+,66+,67+,68+/m1/s1. The fourth-order valence-electron chi connectivity index (χ4n) is 16.6. The number of ketones is 1. The summed E-state index contributed by atoms with van der Waals surface area (Å²) in [6, 6.07) is -0.329. The molecule has 0 bridgehead atoms. The van der Waals surface area contributed by atoms with Crippen molar-refractivity contribution in [3.63, 3.8) is 0 Å². The number of hydrogen-bond acceptors (Lipinski definition) is 23. The summed E-state index contributed by atoms with van der Waals surface area (Å²) >= 11 is 0.763. The molecule has 22 N–H and O–H groups in total. The van der Waals surface area contributed by atoms with E-state index in [4.69, 9.17) is 22.9 Å². The van der Waals surface area contributed by atoms with Crippen molar-refractivity contribution in [2.75, 3.05) is 71.4 Å². The molecule has 0 saturated carbocycles. The molecule has 4 fully saturated rings. The maximum atomic E-state index is 15.7. The number of nitrogens with zero attached hydrogens (tertiary/aromatic N) is 5. The number of nitrogens with two attached hydrogens (primary N) is 4. The van der Waals surface area contributed by atoms with Gasteiger partial charge in [-0.1, -0.05) is 88.1 Å². The number of likely N-dealkylation sites (N-methyl/N-ethyl adjacent to an activating group) is 2. The van der Waals surface area contributed by atoms with E-state index in [-0.39, 0.29) is 109 Å². The number of fused-ring (bicyclic) bond motifs is 5. The van der Waals surface area contributed by atoms with Gasteiger partial charge in [0, 0.05) is 118 Å². The number of amides is 15. The molecule has 42 heteroatoms. The smallest absolute Gasteiger partial charge is 0.305 e. The van der Waals surface area contributed by atoms with Crippen molar-refractivity contribution in [1.29, 1.82) is 0 Å². The molecule has 4 saturated heterocycles. The van der Waals surface area contributed by atoms with Crippen molar-refractivity contribution in [3.05, 3.63) is 102 Å². The number of thioether (sulfide) groups is 1. The summed E-state index contributed by atoms with van der Waals surface area (Å²) in [5.41, 5.74) is 26.8. The summed E-state index contributed by atoms with van der Waals surface area (Å²) in [5.74, 6) is -20.3. The van der Waals surface area contributed by atoms with Crippen molar-refractivity contribution in [3.8, 4) is 5.75 Å². The lowest BCUT2D eigenvalue weighted by Gasteiger charge is -2.36. The van der Waals surface area contributed by atoms with E-state index in [2.05, 4.69) is 57.8 Å². The van der Waals surface area contributed by atoms with Gasteiger partial charge < -0.3 is 121 Å². The number of benzene rings is 3. The van der Waals surface area contributed by atoms with Crippen LogP contribution in [0.1, 0.15) is 133 Å². The van der Waals surface area contributed by atoms with Crippen LogP contribution in [0.15, 0.2) is 85.2 Å². The molecule has 128 heavy (non-hydrogen) atoms. The first-order chi connectivity index (χ1) is 61.2. The van der Waals surface area contributed by atoms with Gasteiger partial charge in [0.15, 0.2) is 5.78 Å². The number of H-pyrrole nitrogens is 2. The third-order valence-corrected chi connectivity index (χ3v) is 24.6. The predicted octanol–water partition coefficient (Wildman–Crippen LogP) is -2.59. The molecule has 4 aliphatic rings. The molecule has 9 rings (SSSR count). The minimum Gasteiger partial charge on any atom is -0.508 e. The van der Waals surface area contributed by atoms with Gasteiger partial charge in [-0.15, -0.1) is 11.8 Å². The van der Waals surface area contributed by atoms with Gasteiger partial charge in [0.25, 0.3) is 0 Å². The average Bonchev–Trinajstić information content (AvgIpc) is 1.57. The van der Waals surface area contributed by atoms with Gasteiger partial charge in [0.1, 0.15) is 78.3 Å². The predicted molar refractivity (Wildman–Crippen MR) is 467 cm³/mol. The zero-order chi connectivity index (χ0) is 93.2. The summed E-state index contributed by atoms with van der Waals surface area (Å²) in [6.45, 7) is 1.09. The first kappa shape index (κ1) is 99.2. The molecule has 15 amide bonds. The van der Waals surface area contributed by atoms with Crippen LogP contribution in [0.5, 0.6) is 5.75 Å². The Bertz CT molecular complexity index is 4870. The Kier molecular flexibility index (Phi) is 36.7. The number of unbranched alkanes of at least 4 members (excludes halogenated alkanes) is 2. The van der Waals surface area contributed by atoms with Crippen molar-refractivity contribution in [1.82, 2.24) is 82.3 Å². The summed E-state index contributed by atoms with van der Waals surface area (Å²) in [5, 5.41) is 55.1. The summed E-state index contributed by atoms with van der Waals surface area (Å²) in [4.78, 5) is 272. The Morgan fingerprint density at radius 2 is 0.922 bits per heavy atom. The van der Waals surface area contributed by atoms with Gasteiger partial charge in [-0.25, -0.2) is 0 Å². The Balaban J connectivity index is 1.07. The Morgan fingerprint density at radius 3 is 1.41 bits per heavy atom. The van der Waals surface area contributed by atoms with Gasteiger partial charge in [0.05, 0.1) is 31.2 Å². The van der Waals surface area contributed by atoms with E-state index in [0.29, 0.717) is 64.2 Å². The molecule has 1 unspecified atom stereocenters. The third-order valence-electron chi connectivity index (χ3n) is 23.6. The zero-order valence-electron chi connectivity index (χ0n) is 72.1. The first-order valence-corrected chi connectivity index (χ1v) is 44.3. The molecule has 0 spiro atoms. The quantitative estimate of drug-likeness (QED) is 0.0319. The number of Topliss-reactive ketones (excluding diaryl/α,β-unsaturated/α-hetero) is 1. The number of carboxylic acids is 2. The number of aromatic nitrogens is 2. The number of para-hydroxylation sites is 2. The van der Waals surface area contributed by atoms with Crippen molar-refractivity contribution < 1.29 is 102 Å². The van der Waals surface area contributed by atoms with E-state index in [0.717, 1.165) is 31.4 Å². The molecule has 2 aromatic heterocycles. The lowest BCUT2D eigenvalue weighted by molar-refractivity contribution is -0.149. The second-order valence-electron chi connectivity index (χ2n) is 32.6. The molecule has 3 aromatic carbocycles. The number of aromatic hydroxyl groups is 1. The number of hydrogen-bond donors (Lipinski definition) is 18. The topological polar surface area (TPSA) is 628 Å². The Morgan fingerprint density at radius 1 is 0.484 bits per heavy atom. The number of carbonyl (C=O) groups excluding carboxylic acids is 16. The minimum absolute atomic E-state index is 0.00505. The van der Waals surface area contributed by atoms with Gasteiger partial charge >= 0.3 is 11.9 Å². The maximum absolute atomic E-state index is 15.7. The SMILES string of the molecule is CCCC[C@H]1C(=O)N(C)[C@@H](CCCC)C(=O)N[C@@H](CN)C(=O)N[C@H](C(=O)NCC(N)=O)CSCC(=O)N[C@@H](Cc2ccc(O)cc2)C(=O)N2CCC[C@H]2C(=O)NC(CC(=O)O)C(=O)N2CCC[C@H]2C(=O)N[C@@H](CN)C(=O)N[C@@H](CC(=O)O)C(=O)N2CCC[C@H]2C(=O)N[C@@H](Cc2c[nH]c3ccccc23)C(=O)C[C@@H](CCN)C(=O)N[C@@H](Cc2c[nH]c3ccccc23)C(=O)N1C. The molecule has 6 heterocycles. The lowest BCUT2D eigenvalue weighted by Crippen LogP contribution is -2.61. The lowest BCUT2D eigenvalue weighted by atomic mass is 9.91. The summed E-state index contributed by atoms with van der Waals surface area (Å²) in [6.07, 6.45) is 1.89. The van der Waals surface area contributed by atoms with Crippen LogP contribution in [0.25, 0.3) is 21.8 Å². The average molecular weight is 1800 g/mol. The highest BCUT2D eigenvalue weighted by atomic mass is 32.2. The van der Waals surface area contributed by atoms with E-state index < -0.39 is 241 Å². The first-order valence-electron chi connectivity index (χ1n) is 43.1. The second-order valence-corrected chi connectivity index (χ2v) is 33.7. The maximum Gasteiger partial charge on any atom is 0.305 e. The fourth-order valence-corrected chi connectivity index (χ4v) is 17.5. The van der Waals surface area contributed by atoms with Gasteiger partial charge in [0.2, 0.25) is 88.6 Å². The number of carboxylic acid groups (broad SMARTS) is 2. The number of phenolic OH excluding ortho intramolecular Hbond substituents is 1. The Hall–Kier alpha value is -12.6. The van der Waals surface area contributed by atoms with Crippen LogP contribution in [0, 0.1) is 5.92 Å². The number of rotatable bonds is 23.